The van der Waals surface area contributed by atoms with E-state index in [1.54, 1.807) is 12.1 Å². The standard InChI is InChI=1S/C22H21ClN2O4/c1-2-3-15-4-6-16(7-5-15)20(26)10-11-22(28)29-14-21(27)25-19-12-18(23)9-8-17(19)13-24/h4-9,12H,2-3,10-11,14H2,1H3,(H,25,27). The predicted molar refractivity (Wildman–Crippen MR) is 110 cm³/mol. The summed E-state index contributed by atoms with van der Waals surface area (Å²) in [6, 6.07) is 13.7. The summed E-state index contributed by atoms with van der Waals surface area (Å²) in [5.74, 6) is -1.41. The first-order chi connectivity index (χ1) is 13.9. The molecule has 0 fully saturated rings. The fourth-order valence-corrected chi connectivity index (χ4v) is 2.80. The Morgan fingerprint density at radius 1 is 1.10 bits per heavy atom. The third-order valence-electron chi connectivity index (χ3n) is 4.11. The summed E-state index contributed by atoms with van der Waals surface area (Å²) in [6.45, 7) is 1.57. The Kier molecular flexibility index (Phi) is 8.38. The lowest BCUT2D eigenvalue weighted by molar-refractivity contribution is -0.147. The SMILES string of the molecule is CCCc1ccc(C(=O)CCC(=O)OCC(=O)Nc2cc(Cl)ccc2C#N)cc1. The minimum absolute atomic E-state index is 0.000447. The second-order valence-electron chi connectivity index (χ2n) is 6.38. The number of halogens is 1. The molecule has 2 aromatic carbocycles. The molecule has 0 aliphatic heterocycles. The number of rotatable bonds is 9. The van der Waals surface area contributed by atoms with E-state index in [0.29, 0.717) is 10.6 Å². The molecule has 0 bridgehead atoms. The van der Waals surface area contributed by atoms with Gasteiger partial charge in [0.05, 0.1) is 17.7 Å². The zero-order valence-electron chi connectivity index (χ0n) is 16.0. The van der Waals surface area contributed by atoms with Crippen LogP contribution in [0.1, 0.15) is 47.7 Å². The summed E-state index contributed by atoms with van der Waals surface area (Å²) in [5, 5.41) is 11.9. The van der Waals surface area contributed by atoms with Crippen LogP contribution in [0, 0.1) is 11.3 Å². The third-order valence-corrected chi connectivity index (χ3v) is 4.35. The molecule has 29 heavy (non-hydrogen) atoms. The van der Waals surface area contributed by atoms with Crippen molar-refractivity contribution in [3.63, 3.8) is 0 Å². The van der Waals surface area contributed by atoms with Crippen molar-refractivity contribution in [1.29, 1.82) is 5.26 Å². The molecule has 2 rings (SSSR count). The topological polar surface area (TPSA) is 96.3 Å². The summed E-state index contributed by atoms with van der Waals surface area (Å²) in [6.07, 6.45) is 1.86. The fourth-order valence-electron chi connectivity index (χ4n) is 2.63. The summed E-state index contributed by atoms with van der Waals surface area (Å²) >= 11 is 5.85. The van der Waals surface area contributed by atoms with Crippen molar-refractivity contribution in [1.82, 2.24) is 0 Å². The van der Waals surface area contributed by atoms with E-state index in [2.05, 4.69) is 12.2 Å². The molecular weight excluding hydrogens is 392 g/mol. The number of nitrogens with zero attached hydrogens (tertiary/aromatic N) is 1. The number of carbonyl (C=O) groups excluding carboxylic acids is 3. The highest BCUT2D eigenvalue weighted by atomic mass is 35.5. The molecule has 0 aliphatic carbocycles. The van der Waals surface area contributed by atoms with Crippen LogP contribution >= 0.6 is 11.6 Å². The molecule has 0 unspecified atom stereocenters. The van der Waals surface area contributed by atoms with Crippen molar-refractivity contribution >= 4 is 34.9 Å². The molecule has 0 saturated carbocycles. The Bertz CT molecular complexity index is 933. The molecule has 6 nitrogen and oxygen atoms in total. The first-order valence-electron chi connectivity index (χ1n) is 9.20. The van der Waals surface area contributed by atoms with Gasteiger partial charge in [-0.3, -0.25) is 14.4 Å². The zero-order valence-corrected chi connectivity index (χ0v) is 16.8. The monoisotopic (exact) mass is 412 g/mol. The van der Waals surface area contributed by atoms with Gasteiger partial charge in [0, 0.05) is 17.0 Å². The molecular formula is C22H21ClN2O4. The largest absolute Gasteiger partial charge is 0.456 e. The van der Waals surface area contributed by atoms with Gasteiger partial charge in [-0.15, -0.1) is 0 Å². The number of anilines is 1. The van der Waals surface area contributed by atoms with Gasteiger partial charge in [-0.1, -0.05) is 49.2 Å². The average molecular weight is 413 g/mol. The molecule has 0 aliphatic rings. The smallest absolute Gasteiger partial charge is 0.306 e. The molecule has 0 radical (unpaired) electrons. The van der Waals surface area contributed by atoms with E-state index in [0.717, 1.165) is 18.4 Å². The van der Waals surface area contributed by atoms with Crippen molar-refractivity contribution in [3.8, 4) is 6.07 Å². The number of carbonyl (C=O) groups is 3. The number of aryl methyl sites for hydroxylation is 1. The van der Waals surface area contributed by atoms with Crippen molar-refractivity contribution in [2.75, 3.05) is 11.9 Å². The summed E-state index contributed by atoms with van der Waals surface area (Å²) in [7, 11) is 0. The van der Waals surface area contributed by atoms with Crippen LogP contribution in [0.5, 0.6) is 0 Å². The van der Waals surface area contributed by atoms with E-state index in [-0.39, 0.29) is 29.9 Å². The van der Waals surface area contributed by atoms with Crippen molar-refractivity contribution in [2.45, 2.75) is 32.6 Å². The molecule has 0 atom stereocenters. The Morgan fingerprint density at radius 3 is 2.48 bits per heavy atom. The lowest BCUT2D eigenvalue weighted by Gasteiger charge is -2.08. The summed E-state index contributed by atoms with van der Waals surface area (Å²) < 4.78 is 4.90. The number of Topliss-reactive ketones (excluding diaryl/α,β-unsaturated/α-hetero) is 1. The second kappa shape index (κ2) is 11.0. The number of benzene rings is 2. The van der Waals surface area contributed by atoms with Gasteiger partial charge in [0.2, 0.25) is 0 Å². The molecule has 0 aromatic heterocycles. The van der Waals surface area contributed by atoms with Crippen LogP contribution in [0.15, 0.2) is 42.5 Å². The lowest BCUT2D eigenvalue weighted by Crippen LogP contribution is -2.21. The van der Waals surface area contributed by atoms with Gasteiger partial charge in [0.25, 0.3) is 5.91 Å². The number of ether oxygens (including phenoxy) is 1. The van der Waals surface area contributed by atoms with E-state index < -0.39 is 18.5 Å². The average Bonchev–Trinajstić information content (AvgIpc) is 2.71. The number of ketones is 1. The fraction of sp³-hybridized carbons (Fsp3) is 0.273. The Hall–Kier alpha value is -3.17. The Labute approximate surface area is 174 Å². The molecule has 0 heterocycles. The van der Waals surface area contributed by atoms with Crippen LogP contribution in [0.4, 0.5) is 5.69 Å². The molecule has 0 spiro atoms. The number of esters is 1. The lowest BCUT2D eigenvalue weighted by atomic mass is 10.0. The molecule has 1 N–H and O–H groups in total. The van der Waals surface area contributed by atoms with Crippen LogP contribution < -0.4 is 5.32 Å². The number of hydrogen-bond acceptors (Lipinski definition) is 5. The van der Waals surface area contributed by atoms with E-state index in [1.165, 1.54) is 18.2 Å². The number of nitriles is 1. The molecule has 150 valence electrons. The van der Waals surface area contributed by atoms with Crippen molar-refractivity contribution < 1.29 is 19.1 Å². The maximum absolute atomic E-state index is 12.2. The highest BCUT2D eigenvalue weighted by Crippen LogP contribution is 2.20. The van der Waals surface area contributed by atoms with Crippen molar-refractivity contribution in [3.05, 3.63) is 64.2 Å². The Morgan fingerprint density at radius 2 is 1.83 bits per heavy atom. The summed E-state index contributed by atoms with van der Waals surface area (Å²) in [5.41, 5.74) is 2.18. The van der Waals surface area contributed by atoms with E-state index >= 15 is 0 Å². The third kappa shape index (κ3) is 7.05. The maximum atomic E-state index is 12.2. The van der Waals surface area contributed by atoms with E-state index in [9.17, 15) is 14.4 Å². The predicted octanol–water partition coefficient (Wildman–Crippen LogP) is 4.31. The zero-order chi connectivity index (χ0) is 21.2. The van der Waals surface area contributed by atoms with Gasteiger partial charge in [0.15, 0.2) is 12.4 Å². The first kappa shape index (κ1) is 22.1. The molecule has 2 aromatic rings. The van der Waals surface area contributed by atoms with Gasteiger partial charge in [-0.05, 0) is 30.2 Å². The van der Waals surface area contributed by atoms with Crippen molar-refractivity contribution in [2.24, 2.45) is 0 Å². The number of hydrogen-bond donors (Lipinski definition) is 1. The maximum Gasteiger partial charge on any atom is 0.306 e. The van der Waals surface area contributed by atoms with Gasteiger partial charge < -0.3 is 10.1 Å². The van der Waals surface area contributed by atoms with Crippen LogP contribution in [0.3, 0.4) is 0 Å². The number of nitrogens with one attached hydrogen (secondary N) is 1. The van der Waals surface area contributed by atoms with Crippen LogP contribution in [0.25, 0.3) is 0 Å². The van der Waals surface area contributed by atoms with Crippen LogP contribution in [-0.4, -0.2) is 24.3 Å². The van der Waals surface area contributed by atoms with E-state index in [4.69, 9.17) is 21.6 Å². The quantitative estimate of drug-likeness (QED) is 0.489. The van der Waals surface area contributed by atoms with Gasteiger partial charge in [-0.2, -0.15) is 5.26 Å². The minimum Gasteiger partial charge on any atom is -0.456 e. The molecule has 7 heteroatoms. The van der Waals surface area contributed by atoms with Crippen LogP contribution in [0.2, 0.25) is 5.02 Å². The second-order valence-corrected chi connectivity index (χ2v) is 6.82. The summed E-state index contributed by atoms with van der Waals surface area (Å²) in [4.78, 5) is 35.9. The van der Waals surface area contributed by atoms with E-state index in [1.807, 2.05) is 18.2 Å². The van der Waals surface area contributed by atoms with Gasteiger partial charge in [0.1, 0.15) is 6.07 Å². The Balaban J connectivity index is 1.78. The van der Waals surface area contributed by atoms with Crippen LogP contribution in [-0.2, 0) is 20.7 Å². The molecule has 1 amide bonds. The highest BCUT2D eigenvalue weighted by molar-refractivity contribution is 6.31. The minimum atomic E-state index is -0.650. The first-order valence-corrected chi connectivity index (χ1v) is 9.58. The molecule has 0 saturated heterocycles. The highest BCUT2D eigenvalue weighted by Gasteiger charge is 2.13. The van der Waals surface area contributed by atoms with Gasteiger partial charge >= 0.3 is 5.97 Å². The normalized spacial score (nSPS) is 10.1. The van der Waals surface area contributed by atoms with Gasteiger partial charge in [-0.25, -0.2) is 0 Å². The number of amides is 1.